The molecule has 1 unspecified atom stereocenters. The summed E-state index contributed by atoms with van der Waals surface area (Å²) in [4.78, 5) is 25.8. The van der Waals surface area contributed by atoms with Gasteiger partial charge in [0.1, 0.15) is 0 Å². The Bertz CT molecular complexity index is 612. The number of carboxylic acid groups (broad SMARTS) is 1. The maximum absolute atomic E-state index is 12.8. The molecule has 2 aliphatic rings. The van der Waals surface area contributed by atoms with E-state index >= 15 is 0 Å². The lowest BCUT2D eigenvalue weighted by Gasteiger charge is -2.37. The van der Waals surface area contributed by atoms with E-state index in [0.717, 1.165) is 30.9 Å². The third-order valence-corrected chi connectivity index (χ3v) is 6.28. The van der Waals surface area contributed by atoms with E-state index in [1.807, 2.05) is 16.7 Å². The van der Waals surface area contributed by atoms with Crippen LogP contribution in [0.2, 0.25) is 0 Å². The van der Waals surface area contributed by atoms with Crippen molar-refractivity contribution in [3.8, 4) is 0 Å². The highest BCUT2D eigenvalue weighted by Crippen LogP contribution is 2.30. The van der Waals surface area contributed by atoms with E-state index in [2.05, 4.69) is 36.5 Å². The molecule has 2 N–H and O–H groups in total. The third-order valence-electron chi connectivity index (χ3n) is 5.26. The number of rotatable bonds is 3. The maximum Gasteiger partial charge on any atom is 0.318 e. The molecule has 0 radical (unpaired) electrons. The van der Waals surface area contributed by atoms with Crippen molar-refractivity contribution in [3.63, 3.8) is 0 Å². The first-order valence-electron chi connectivity index (χ1n) is 8.99. The van der Waals surface area contributed by atoms with E-state index in [1.165, 1.54) is 11.1 Å². The van der Waals surface area contributed by atoms with Gasteiger partial charge in [-0.05, 0) is 38.2 Å². The highest BCUT2D eigenvalue weighted by Gasteiger charge is 2.31. The van der Waals surface area contributed by atoms with Gasteiger partial charge in [0.05, 0.1) is 12.0 Å². The van der Waals surface area contributed by atoms with Crippen LogP contribution in [0.5, 0.6) is 0 Å². The van der Waals surface area contributed by atoms with Crippen molar-refractivity contribution in [3.05, 3.63) is 35.4 Å². The summed E-state index contributed by atoms with van der Waals surface area (Å²) in [6.45, 7) is 2.82. The number of nitrogens with one attached hydrogen (secondary N) is 1. The minimum absolute atomic E-state index is 0.00958. The van der Waals surface area contributed by atoms with Crippen LogP contribution in [0.25, 0.3) is 0 Å². The molecule has 2 amide bonds. The average molecular weight is 362 g/mol. The van der Waals surface area contributed by atoms with E-state index in [0.29, 0.717) is 12.8 Å². The summed E-state index contributed by atoms with van der Waals surface area (Å²) in [6, 6.07) is 8.61. The van der Waals surface area contributed by atoms with Crippen LogP contribution in [0.15, 0.2) is 24.3 Å². The van der Waals surface area contributed by atoms with Gasteiger partial charge in [0.15, 0.2) is 0 Å². The lowest BCUT2D eigenvalue weighted by molar-refractivity contribution is -0.142. The molecule has 5 nitrogen and oxygen atoms in total. The molecule has 1 saturated carbocycles. The number of amides is 2. The quantitative estimate of drug-likeness (QED) is 0.864. The number of aliphatic carboxylic acids is 1. The zero-order chi connectivity index (χ0) is 17.8. The van der Waals surface area contributed by atoms with Crippen molar-refractivity contribution in [2.24, 2.45) is 5.92 Å². The van der Waals surface area contributed by atoms with Gasteiger partial charge >= 0.3 is 12.0 Å². The Morgan fingerprint density at radius 3 is 2.48 bits per heavy atom. The Labute approximate surface area is 153 Å². The van der Waals surface area contributed by atoms with Crippen molar-refractivity contribution >= 4 is 23.8 Å². The second-order valence-corrected chi connectivity index (χ2v) is 8.18. The lowest BCUT2D eigenvalue weighted by atomic mass is 9.86. The van der Waals surface area contributed by atoms with Gasteiger partial charge < -0.3 is 15.3 Å². The molecular formula is C19H26N2O3S. The standard InChI is InChI=1S/C19H26N2O3S/c1-13-2-4-14(5-3-13)17-12-25-11-10-21(17)19(24)20-16-8-6-15(7-9-16)18(22)23/h2-5,15-17H,6-12H2,1H3,(H,20,24)(H,22,23). The first-order valence-corrected chi connectivity index (χ1v) is 10.1. The molecule has 1 aliphatic carbocycles. The molecule has 6 heteroatoms. The number of carboxylic acids is 1. The largest absolute Gasteiger partial charge is 0.481 e. The summed E-state index contributed by atoms with van der Waals surface area (Å²) in [5.74, 6) is 0.918. The number of nitrogens with zero attached hydrogens (tertiary/aromatic N) is 1. The van der Waals surface area contributed by atoms with Gasteiger partial charge in [0.2, 0.25) is 0 Å². The summed E-state index contributed by atoms with van der Waals surface area (Å²) in [7, 11) is 0. The first kappa shape index (κ1) is 18.1. The minimum Gasteiger partial charge on any atom is -0.481 e. The number of hydrogen-bond acceptors (Lipinski definition) is 3. The molecule has 25 heavy (non-hydrogen) atoms. The molecule has 1 aromatic carbocycles. The highest BCUT2D eigenvalue weighted by molar-refractivity contribution is 7.99. The molecule has 1 aliphatic heterocycles. The normalized spacial score (nSPS) is 26.9. The van der Waals surface area contributed by atoms with E-state index in [-0.39, 0.29) is 24.0 Å². The number of hydrogen-bond donors (Lipinski definition) is 2. The zero-order valence-corrected chi connectivity index (χ0v) is 15.4. The second-order valence-electron chi connectivity index (χ2n) is 7.03. The number of carbonyl (C=O) groups excluding carboxylic acids is 1. The Morgan fingerprint density at radius 2 is 1.84 bits per heavy atom. The molecule has 0 spiro atoms. The van der Waals surface area contributed by atoms with Gasteiger partial charge in [-0.2, -0.15) is 11.8 Å². The lowest BCUT2D eigenvalue weighted by Crippen LogP contribution is -2.50. The smallest absolute Gasteiger partial charge is 0.318 e. The summed E-state index contributed by atoms with van der Waals surface area (Å²) < 4.78 is 0. The van der Waals surface area contributed by atoms with Gasteiger partial charge in [-0.1, -0.05) is 29.8 Å². The molecule has 136 valence electrons. The van der Waals surface area contributed by atoms with Crippen molar-refractivity contribution in [2.45, 2.75) is 44.7 Å². The van der Waals surface area contributed by atoms with Gasteiger partial charge in [0, 0.05) is 24.1 Å². The molecule has 0 aromatic heterocycles. The number of carbonyl (C=O) groups is 2. The van der Waals surface area contributed by atoms with Crippen molar-refractivity contribution < 1.29 is 14.7 Å². The van der Waals surface area contributed by atoms with Crippen LogP contribution >= 0.6 is 11.8 Å². The number of thioether (sulfide) groups is 1. The zero-order valence-electron chi connectivity index (χ0n) is 14.6. The molecular weight excluding hydrogens is 336 g/mol. The number of aryl methyl sites for hydroxylation is 1. The maximum atomic E-state index is 12.8. The van der Waals surface area contributed by atoms with E-state index in [1.54, 1.807) is 0 Å². The van der Waals surface area contributed by atoms with Crippen LogP contribution in [-0.2, 0) is 4.79 Å². The van der Waals surface area contributed by atoms with Crippen LogP contribution in [0.3, 0.4) is 0 Å². The fourth-order valence-corrected chi connectivity index (χ4v) is 4.74. The molecule has 1 saturated heterocycles. The highest BCUT2D eigenvalue weighted by atomic mass is 32.2. The number of benzene rings is 1. The van der Waals surface area contributed by atoms with Crippen LogP contribution in [0.4, 0.5) is 4.79 Å². The van der Waals surface area contributed by atoms with Gasteiger partial charge in [-0.3, -0.25) is 4.79 Å². The molecule has 0 bridgehead atoms. The Morgan fingerprint density at radius 1 is 1.16 bits per heavy atom. The van der Waals surface area contributed by atoms with Gasteiger partial charge in [-0.25, -0.2) is 4.79 Å². The van der Waals surface area contributed by atoms with E-state index < -0.39 is 5.97 Å². The van der Waals surface area contributed by atoms with Crippen LogP contribution in [0, 0.1) is 12.8 Å². The summed E-state index contributed by atoms with van der Waals surface area (Å²) >= 11 is 1.89. The molecule has 1 atom stereocenters. The predicted molar refractivity (Wildman–Crippen MR) is 99.9 cm³/mol. The molecule has 1 aromatic rings. The van der Waals surface area contributed by atoms with Crippen molar-refractivity contribution in [2.75, 3.05) is 18.1 Å². The number of urea groups is 1. The Hall–Kier alpha value is -1.69. The fraction of sp³-hybridized carbons (Fsp3) is 0.579. The van der Waals surface area contributed by atoms with Gasteiger partial charge in [-0.15, -0.1) is 0 Å². The second kappa shape index (κ2) is 8.13. The average Bonchev–Trinajstić information content (AvgIpc) is 2.63. The van der Waals surface area contributed by atoms with Crippen molar-refractivity contribution in [1.82, 2.24) is 10.2 Å². The van der Waals surface area contributed by atoms with Crippen LogP contribution < -0.4 is 5.32 Å². The molecule has 3 rings (SSSR count). The summed E-state index contributed by atoms with van der Waals surface area (Å²) in [5, 5.41) is 12.2. The molecule has 1 heterocycles. The summed E-state index contributed by atoms with van der Waals surface area (Å²) in [5.41, 5.74) is 2.40. The molecule has 2 fully saturated rings. The monoisotopic (exact) mass is 362 g/mol. The minimum atomic E-state index is -0.711. The topological polar surface area (TPSA) is 69.6 Å². The van der Waals surface area contributed by atoms with Gasteiger partial charge in [0.25, 0.3) is 0 Å². The predicted octanol–water partition coefficient (Wildman–Crippen LogP) is 3.44. The van der Waals surface area contributed by atoms with E-state index in [4.69, 9.17) is 5.11 Å². The Kier molecular flexibility index (Phi) is 5.89. The Balaban J connectivity index is 1.61. The fourth-order valence-electron chi connectivity index (χ4n) is 3.65. The van der Waals surface area contributed by atoms with E-state index in [9.17, 15) is 9.59 Å². The SMILES string of the molecule is Cc1ccc(C2CSCCN2C(=O)NC2CCC(C(=O)O)CC2)cc1. The van der Waals surface area contributed by atoms with Crippen molar-refractivity contribution in [1.29, 1.82) is 0 Å². The first-order chi connectivity index (χ1) is 12.0. The summed E-state index contributed by atoms with van der Waals surface area (Å²) in [6.07, 6.45) is 2.80. The van der Waals surface area contributed by atoms with Crippen LogP contribution in [-0.4, -0.2) is 46.1 Å². The van der Waals surface area contributed by atoms with Crippen LogP contribution in [0.1, 0.15) is 42.9 Å². The third kappa shape index (κ3) is 4.48.